The van der Waals surface area contributed by atoms with Gasteiger partial charge in [0.05, 0.1) is 35.2 Å². The Morgan fingerprint density at radius 1 is 1.18 bits per heavy atom. The maximum atomic E-state index is 13.9. The van der Waals surface area contributed by atoms with Gasteiger partial charge in [-0.2, -0.15) is 0 Å². The molecule has 1 heterocycles. The Morgan fingerprint density at radius 3 is 2.47 bits per heavy atom. The topological polar surface area (TPSA) is 98.7 Å². The van der Waals surface area contributed by atoms with Crippen molar-refractivity contribution in [2.45, 2.75) is 52.1 Å². The number of carbonyl (C=O) groups is 3. The number of allylic oxidation sites excluding steroid dienone is 1. The molecule has 7 nitrogen and oxygen atoms in total. The molecule has 0 saturated carbocycles. The van der Waals surface area contributed by atoms with Crippen LogP contribution < -0.4 is 10.6 Å². The Balaban J connectivity index is 2.06. The van der Waals surface area contributed by atoms with E-state index in [-0.39, 0.29) is 36.2 Å². The van der Waals surface area contributed by atoms with E-state index < -0.39 is 29.8 Å². The standard InChI is InChI=1S/C26H36ClN3O4/c1-5-8-16-11-12-18-22(21(16)24(32)28-4)26(34)30(17(14-31)13-15(2)3)23(18)25(33)29-20-10-7-6-9-19(20)27/h6-7,9-12,15-18,21-23,31H,5,8,13-14H2,1-4H3,(H,28,32)(H,29,33)/t16-,17-,18+,21-,22-,23+/m1/s1. The van der Waals surface area contributed by atoms with Gasteiger partial charge in [-0.05, 0) is 36.8 Å². The van der Waals surface area contributed by atoms with E-state index in [1.54, 1.807) is 31.3 Å². The summed E-state index contributed by atoms with van der Waals surface area (Å²) in [5, 5.41) is 16.2. The smallest absolute Gasteiger partial charge is 0.247 e. The second-order valence-corrected chi connectivity index (χ2v) is 10.1. The van der Waals surface area contributed by atoms with Crippen LogP contribution in [0.15, 0.2) is 36.4 Å². The molecule has 0 spiro atoms. The number of aliphatic hydroxyl groups excluding tert-OH is 1. The second kappa shape index (κ2) is 11.4. The van der Waals surface area contributed by atoms with Crippen molar-refractivity contribution in [3.63, 3.8) is 0 Å². The van der Waals surface area contributed by atoms with Gasteiger partial charge in [-0.15, -0.1) is 0 Å². The lowest BCUT2D eigenvalue weighted by molar-refractivity contribution is -0.143. The van der Waals surface area contributed by atoms with E-state index in [2.05, 4.69) is 10.6 Å². The van der Waals surface area contributed by atoms with Gasteiger partial charge in [0.1, 0.15) is 6.04 Å². The Kier molecular flexibility index (Phi) is 8.77. The normalized spacial score (nSPS) is 27.0. The van der Waals surface area contributed by atoms with E-state index in [1.165, 1.54) is 4.90 Å². The minimum Gasteiger partial charge on any atom is -0.394 e. The zero-order valence-electron chi connectivity index (χ0n) is 20.3. The highest BCUT2D eigenvalue weighted by Crippen LogP contribution is 2.46. The first-order valence-corrected chi connectivity index (χ1v) is 12.5. The highest BCUT2D eigenvalue weighted by Gasteiger charge is 2.58. The van der Waals surface area contributed by atoms with Crippen molar-refractivity contribution in [1.29, 1.82) is 0 Å². The summed E-state index contributed by atoms with van der Waals surface area (Å²) >= 11 is 6.27. The van der Waals surface area contributed by atoms with E-state index in [4.69, 9.17) is 11.6 Å². The van der Waals surface area contributed by atoms with E-state index >= 15 is 0 Å². The van der Waals surface area contributed by atoms with Gasteiger partial charge in [-0.3, -0.25) is 14.4 Å². The molecule has 2 aliphatic rings. The number of halogens is 1. The minimum absolute atomic E-state index is 0.0833. The molecule has 34 heavy (non-hydrogen) atoms. The molecule has 8 heteroatoms. The van der Waals surface area contributed by atoms with Crippen LogP contribution in [-0.4, -0.2) is 53.5 Å². The largest absolute Gasteiger partial charge is 0.394 e. The highest BCUT2D eigenvalue weighted by atomic mass is 35.5. The molecule has 0 radical (unpaired) electrons. The van der Waals surface area contributed by atoms with Gasteiger partial charge in [0.2, 0.25) is 17.7 Å². The molecule has 1 aliphatic carbocycles. The van der Waals surface area contributed by atoms with E-state index in [9.17, 15) is 19.5 Å². The quantitative estimate of drug-likeness (QED) is 0.462. The summed E-state index contributed by atoms with van der Waals surface area (Å²) in [6.45, 7) is 5.82. The maximum absolute atomic E-state index is 13.9. The fourth-order valence-electron chi connectivity index (χ4n) is 5.56. The molecule has 3 amide bonds. The average Bonchev–Trinajstić information content (AvgIpc) is 3.10. The molecule has 1 aromatic carbocycles. The molecule has 1 fully saturated rings. The van der Waals surface area contributed by atoms with Gasteiger partial charge in [0.25, 0.3) is 0 Å². The second-order valence-electron chi connectivity index (χ2n) is 9.71. The molecular formula is C26H36ClN3O4. The summed E-state index contributed by atoms with van der Waals surface area (Å²) in [7, 11) is 1.58. The molecule has 3 rings (SSSR count). The van der Waals surface area contributed by atoms with Crippen LogP contribution in [0.5, 0.6) is 0 Å². The SMILES string of the molecule is CCC[C@@H]1C=C[C@H]2[C@@H](C(=O)N([C@@H](CO)CC(C)C)[C@@H]2C(=O)Nc2ccccc2Cl)[C@@H]1C(=O)NC. The number of hydrogen-bond donors (Lipinski definition) is 3. The summed E-state index contributed by atoms with van der Waals surface area (Å²) in [5.74, 6) is -2.39. The van der Waals surface area contributed by atoms with E-state index in [0.717, 1.165) is 12.8 Å². The molecule has 0 aromatic heterocycles. The van der Waals surface area contributed by atoms with Crippen LogP contribution in [-0.2, 0) is 14.4 Å². The highest BCUT2D eigenvalue weighted by molar-refractivity contribution is 6.33. The van der Waals surface area contributed by atoms with Crippen LogP contribution >= 0.6 is 11.6 Å². The van der Waals surface area contributed by atoms with Crippen molar-refractivity contribution in [2.75, 3.05) is 19.0 Å². The van der Waals surface area contributed by atoms with E-state index in [1.807, 2.05) is 32.9 Å². The molecule has 0 bridgehead atoms. The van der Waals surface area contributed by atoms with Crippen LogP contribution in [0.1, 0.15) is 40.0 Å². The first-order chi connectivity index (χ1) is 16.2. The van der Waals surface area contributed by atoms with Gasteiger partial charge in [-0.25, -0.2) is 0 Å². The van der Waals surface area contributed by atoms with Crippen LogP contribution in [0, 0.1) is 29.6 Å². The van der Waals surface area contributed by atoms with Crippen molar-refractivity contribution in [1.82, 2.24) is 10.2 Å². The minimum atomic E-state index is -0.851. The van der Waals surface area contributed by atoms with Gasteiger partial charge < -0.3 is 20.6 Å². The summed E-state index contributed by atoms with van der Waals surface area (Å²) < 4.78 is 0. The number of anilines is 1. The number of hydrogen-bond acceptors (Lipinski definition) is 4. The monoisotopic (exact) mass is 489 g/mol. The zero-order valence-corrected chi connectivity index (χ0v) is 21.1. The predicted molar refractivity (Wildman–Crippen MR) is 133 cm³/mol. The molecule has 6 atom stereocenters. The van der Waals surface area contributed by atoms with Crippen molar-refractivity contribution in [3.8, 4) is 0 Å². The van der Waals surface area contributed by atoms with Crippen molar-refractivity contribution < 1.29 is 19.5 Å². The van der Waals surface area contributed by atoms with Crippen molar-refractivity contribution >= 4 is 35.0 Å². The van der Waals surface area contributed by atoms with Gasteiger partial charge in [-0.1, -0.05) is 63.1 Å². The van der Waals surface area contributed by atoms with Crippen molar-refractivity contribution in [2.24, 2.45) is 29.6 Å². The average molecular weight is 490 g/mol. The Labute approximate surface area is 206 Å². The molecule has 0 unspecified atom stereocenters. The number of amides is 3. The van der Waals surface area contributed by atoms with Gasteiger partial charge in [0.15, 0.2) is 0 Å². The lowest BCUT2D eigenvalue weighted by Gasteiger charge is -2.34. The third-order valence-corrected chi connectivity index (χ3v) is 7.30. The number of carbonyl (C=O) groups excluding carboxylic acids is 3. The molecule has 1 aliphatic heterocycles. The van der Waals surface area contributed by atoms with Gasteiger partial charge in [0, 0.05) is 13.0 Å². The van der Waals surface area contributed by atoms with Crippen molar-refractivity contribution in [3.05, 3.63) is 41.4 Å². The third-order valence-electron chi connectivity index (χ3n) is 6.97. The number of rotatable bonds is 9. The Morgan fingerprint density at radius 2 is 1.88 bits per heavy atom. The number of benzene rings is 1. The van der Waals surface area contributed by atoms with Crippen LogP contribution in [0.3, 0.4) is 0 Å². The molecule has 1 saturated heterocycles. The van der Waals surface area contributed by atoms with Crippen LogP contribution in [0.25, 0.3) is 0 Å². The number of nitrogens with one attached hydrogen (secondary N) is 2. The summed E-state index contributed by atoms with van der Waals surface area (Å²) in [6, 6.07) is 5.56. The molecule has 3 N–H and O–H groups in total. The fourth-order valence-corrected chi connectivity index (χ4v) is 5.74. The maximum Gasteiger partial charge on any atom is 0.247 e. The summed E-state index contributed by atoms with van der Waals surface area (Å²) in [4.78, 5) is 42.1. The van der Waals surface area contributed by atoms with E-state index in [0.29, 0.717) is 17.1 Å². The number of para-hydroxylation sites is 1. The first-order valence-electron chi connectivity index (χ1n) is 12.1. The number of nitrogens with zero attached hydrogens (tertiary/aromatic N) is 1. The lowest BCUT2D eigenvalue weighted by Crippen LogP contribution is -2.51. The number of aliphatic hydroxyl groups is 1. The predicted octanol–water partition coefficient (Wildman–Crippen LogP) is 3.48. The number of likely N-dealkylation sites (tertiary alicyclic amines) is 1. The number of fused-ring (bicyclic) bond motifs is 1. The molecule has 186 valence electrons. The Bertz CT molecular complexity index is 934. The Hall–Kier alpha value is -2.38. The zero-order chi connectivity index (χ0) is 25.0. The third kappa shape index (κ3) is 5.15. The summed E-state index contributed by atoms with van der Waals surface area (Å²) in [5.41, 5.74) is 0.459. The lowest BCUT2D eigenvalue weighted by atomic mass is 9.68. The van der Waals surface area contributed by atoms with Crippen LogP contribution in [0.4, 0.5) is 5.69 Å². The molecule has 1 aromatic rings. The summed E-state index contributed by atoms with van der Waals surface area (Å²) in [6.07, 6.45) is 6.12. The molecular weight excluding hydrogens is 454 g/mol. The van der Waals surface area contributed by atoms with Gasteiger partial charge >= 0.3 is 0 Å². The van der Waals surface area contributed by atoms with Crippen LogP contribution in [0.2, 0.25) is 5.02 Å². The fraction of sp³-hybridized carbons (Fsp3) is 0.577. The first kappa shape index (κ1) is 26.2.